The Kier molecular flexibility index (Phi) is 7.79. The van der Waals surface area contributed by atoms with Crippen molar-refractivity contribution < 1.29 is 17.6 Å². The first-order valence-corrected chi connectivity index (χ1v) is 16.3. The molecule has 42 heavy (non-hydrogen) atoms. The van der Waals surface area contributed by atoms with Crippen LogP contribution in [0.1, 0.15) is 35.7 Å². The minimum Gasteiger partial charge on any atom is -0.463 e. The summed E-state index contributed by atoms with van der Waals surface area (Å²) in [6.07, 6.45) is 4.20. The maximum atomic E-state index is 13.8. The molecule has 0 N–H and O–H groups in total. The first-order chi connectivity index (χ1) is 20.2. The second-order valence-corrected chi connectivity index (χ2v) is 14.0. The highest BCUT2D eigenvalue weighted by Crippen LogP contribution is 2.32. The second kappa shape index (κ2) is 11.5. The van der Waals surface area contributed by atoms with Crippen molar-refractivity contribution in [3.05, 3.63) is 98.8 Å². The normalized spacial score (nSPS) is 15.1. The second-order valence-electron chi connectivity index (χ2n) is 10.1. The van der Waals surface area contributed by atoms with Gasteiger partial charge in [0.25, 0.3) is 5.91 Å². The van der Waals surface area contributed by atoms with Gasteiger partial charge in [0.15, 0.2) is 0 Å². The third kappa shape index (κ3) is 5.54. The molecule has 0 bridgehead atoms. The highest BCUT2D eigenvalue weighted by molar-refractivity contribution is 9.10. The summed E-state index contributed by atoms with van der Waals surface area (Å²) in [5, 5.41) is 6.18. The molecule has 0 aliphatic carbocycles. The van der Waals surface area contributed by atoms with Crippen LogP contribution >= 0.6 is 27.3 Å². The highest BCUT2D eigenvalue weighted by atomic mass is 79.9. The van der Waals surface area contributed by atoms with E-state index in [2.05, 4.69) is 32.9 Å². The zero-order chi connectivity index (χ0) is 29.4. The number of para-hydroxylation sites is 1. The van der Waals surface area contributed by atoms with Crippen molar-refractivity contribution in [2.75, 3.05) is 18.1 Å². The van der Waals surface area contributed by atoms with Gasteiger partial charge in [0.2, 0.25) is 20.6 Å². The topological polar surface area (TPSA) is 113 Å². The molecule has 0 spiro atoms. The summed E-state index contributed by atoms with van der Waals surface area (Å²) in [6.45, 7) is 3.07. The van der Waals surface area contributed by atoms with Crippen LogP contribution in [0.15, 0.2) is 96.7 Å². The first kappa shape index (κ1) is 28.4. The summed E-state index contributed by atoms with van der Waals surface area (Å²) in [5.74, 6) is -0.0436. The van der Waals surface area contributed by atoms with Crippen molar-refractivity contribution in [1.82, 2.24) is 9.29 Å². The smallest absolute Gasteiger partial charge is 0.280 e. The molecule has 0 atom stereocenters. The van der Waals surface area contributed by atoms with Gasteiger partial charge >= 0.3 is 0 Å². The van der Waals surface area contributed by atoms with Gasteiger partial charge in [-0.05, 0) is 73.4 Å². The van der Waals surface area contributed by atoms with Gasteiger partial charge in [0.05, 0.1) is 32.3 Å². The van der Waals surface area contributed by atoms with Crippen LogP contribution in [0, 0.1) is 5.92 Å². The van der Waals surface area contributed by atoms with Crippen molar-refractivity contribution in [3.63, 3.8) is 0 Å². The van der Waals surface area contributed by atoms with E-state index in [1.54, 1.807) is 24.3 Å². The molecule has 1 fully saturated rings. The summed E-state index contributed by atoms with van der Waals surface area (Å²) in [7, 11) is -3.67. The van der Waals surface area contributed by atoms with Crippen molar-refractivity contribution in [1.29, 1.82) is 0 Å². The standard InChI is InChI=1S/C30H25BrN4O5S2/c1-19-12-14-34(15-13-19)42(38,39)23-9-6-20(7-10-23)29(37)35(30-33-25-11-8-22(31)16-27(25)41-30)32-17-21-18-40-26-5-3-2-4-24(26)28(21)36/h2-11,16-19H,12-15H2,1H3/b32-17+. The van der Waals surface area contributed by atoms with Crippen molar-refractivity contribution >= 4 is 75.7 Å². The molecule has 1 saturated heterocycles. The van der Waals surface area contributed by atoms with E-state index in [0.29, 0.717) is 35.5 Å². The number of nitrogens with zero attached hydrogens (tertiary/aromatic N) is 4. The van der Waals surface area contributed by atoms with Gasteiger partial charge in [0, 0.05) is 23.1 Å². The van der Waals surface area contributed by atoms with Gasteiger partial charge in [-0.25, -0.2) is 13.4 Å². The van der Waals surface area contributed by atoms with Crippen LogP contribution < -0.4 is 10.4 Å². The number of carbonyl (C=O) groups is 1. The van der Waals surface area contributed by atoms with Gasteiger partial charge in [-0.3, -0.25) is 9.59 Å². The van der Waals surface area contributed by atoms with Gasteiger partial charge in [-0.2, -0.15) is 14.4 Å². The number of benzene rings is 3. The summed E-state index contributed by atoms with van der Waals surface area (Å²) in [6, 6.07) is 18.3. The Morgan fingerprint density at radius 3 is 2.62 bits per heavy atom. The number of thiazole rings is 1. The van der Waals surface area contributed by atoms with Gasteiger partial charge < -0.3 is 4.42 Å². The number of anilines is 1. The van der Waals surface area contributed by atoms with Crippen LogP contribution in [0.2, 0.25) is 0 Å². The Labute approximate surface area is 254 Å². The number of aromatic nitrogens is 1. The fourth-order valence-corrected chi connectivity index (χ4v) is 7.68. The lowest BCUT2D eigenvalue weighted by atomic mass is 10.0. The molecule has 2 aromatic heterocycles. The van der Waals surface area contributed by atoms with E-state index in [-0.39, 0.29) is 26.6 Å². The van der Waals surface area contributed by atoms with Crippen molar-refractivity contribution in [2.24, 2.45) is 11.0 Å². The minimum absolute atomic E-state index is 0.127. The quantitative estimate of drug-likeness (QED) is 0.156. The van der Waals surface area contributed by atoms with E-state index in [9.17, 15) is 18.0 Å². The van der Waals surface area contributed by atoms with Crippen LogP contribution in [0.4, 0.5) is 5.13 Å². The molecule has 0 radical (unpaired) electrons. The van der Waals surface area contributed by atoms with E-state index in [1.807, 2.05) is 18.2 Å². The molecular formula is C30H25BrN4O5S2. The molecule has 0 saturated carbocycles. The molecule has 1 amide bonds. The highest BCUT2D eigenvalue weighted by Gasteiger charge is 2.29. The number of sulfonamides is 1. The fourth-order valence-electron chi connectivity index (χ4n) is 4.73. The zero-order valence-electron chi connectivity index (χ0n) is 22.4. The Morgan fingerprint density at radius 1 is 1.12 bits per heavy atom. The zero-order valence-corrected chi connectivity index (χ0v) is 25.7. The van der Waals surface area contributed by atoms with Crippen LogP contribution in [0.25, 0.3) is 21.2 Å². The molecule has 1 aliphatic rings. The lowest BCUT2D eigenvalue weighted by Gasteiger charge is -2.29. The Balaban J connectivity index is 1.35. The van der Waals surface area contributed by atoms with Crippen LogP contribution in [-0.2, 0) is 10.0 Å². The predicted octanol–water partition coefficient (Wildman–Crippen LogP) is 6.27. The van der Waals surface area contributed by atoms with Crippen molar-refractivity contribution in [2.45, 2.75) is 24.7 Å². The number of hydrogen-bond acceptors (Lipinski definition) is 8. The number of piperidine rings is 1. The summed E-state index contributed by atoms with van der Waals surface area (Å²) >= 11 is 4.72. The predicted molar refractivity (Wildman–Crippen MR) is 168 cm³/mol. The average molecular weight is 666 g/mol. The lowest BCUT2D eigenvalue weighted by molar-refractivity contribution is 0.0987. The number of fused-ring (bicyclic) bond motifs is 2. The number of hydrogen-bond donors (Lipinski definition) is 0. The van der Waals surface area contributed by atoms with Gasteiger partial charge in [-0.15, -0.1) is 0 Å². The maximum absolute atomic E-state index is 13.8. The first-order valence-electron chi connectivity index (χ1n) is 13.3. The van der Waals surface area contributed by atoms with Gasteiger partial charge in [0.1, 0.15) is 11.8 Å². The summed E-state index contributed by atoms with van der Waals surface area (Å²) < 4.78 is 35.2. The number of halogens is 1. The molecule has 1 aliphatic heterocycles. The van der Waals surface area contributed by atoms with Gasteiger partial charge in [-0.1, -0.05) is 46.3 Å². The number of hydrazone groups is 1. The van der Waals surface area contributed by atoms with E-state index < -0.39 is 15.9 Å². The summed E-state index contributed by atoms with van der Waals surface area (Å²) in [4.78, 5) is 31.6. The molecule has 5 aromatic rings. The Bertz CT molecular complexity index is 2000. The van der Waals surface area contributed by atoms with E-state index in [4.69, 9.17) is 4.42 Å². The van der Waals surface area contributed by atoms with Crippen molar-refractivity contribution in [3.8, 4) is 0 Å². The fraction of sp³-hybridized carbons (Fsp3) is 0.200. The SMILES string of the molecule is CC1CCN(S(=O)(=O)c2ccc(C(=O)N(/N=C/c3coc4ccccc4c3=O)c3nc4ccc(Br)cc4s3)cc2)CC1. The third-order valence-electron chi connectivity index (χ3n) is 7.21. The third-order valence-corrected chi connectivity index (χ3v) is 10.6. The summed E-state index contributed by atoms with van der Waals surface area (Å²) in [5.41, 5.74) is 1.20. The number of carbonyl (C=O) groups excluding carboxylic acids is 1. The monoisotopic (exact) mass is 664 g/mol. The lowest BCUT2D eigenvalue weighted by Crippen LogP contribution is -2.37. The van der Waals surface area contributed by atoms with Crippen LogP contribution in [-0.4, -0.2) is 42.9 Å². The minimum atomic E-state index is -3.67. The number of rotatable bonds is 6. The molecule has 6 rings (SSSR count). The van der Waals surface area contributed by atoms with Crippen LogP contribution in [0.5, 0.6) is 0 Å². The van der Waals surface area contributed by atoms with E-state index in [0.717, 1.165) is 27.0 Å². The van der Waals surface area contributed by atoms with E-state index in [1.165, 1.54) is 52.4 Å². The van der Waals surface area contributed by atoms with Crippen LogP contribution in [0.3, 0.4) is 0 Å². The largest absolute Gasteiger partial charge is 0.463 e. The maximum Gasteiger partial charge on any atom is 0.280 e. The molecule has 214 valence electrons. The molecule has 3 heterocycles. The molecule has 12 heteroatoms. The molecular weight excluding hydrogens is 640 g/mol. The Morgan fingerprint density at radius 2 is 1.86 bits per heavy atom. The molecule has 9 nitrogen and oxygen atoms in total. The van der Waals surface area contributed by atoms with E-state index >= 15 is 0 Å². The Hall–Kier alpha value is -3.71. The molecule has 3 aromatic carbocycles. The number of amides is 1. The molecule has 0 unspecified atom stereocenters. The average Bonchev–Trinajstić information content (AvgIpc) is 3.41.